The van der Waals surface area contributed by atoms with Gasteiger partial charge >= 0.3 is 0 Å². The second-order valence-electron chi connectivity index (χ2n) is 5.77. The zero-order valence-corrected chi connectivity index (χ0v) is 15.4. The lowest BCUT2D eigenvalue weighted by Gasteiger charge is -2.11. The Morgan fingerprint density at radius 3 is 1.61 bits per heavy atom. The van der Waals surface area contributed by atoms with E-state index >= 15 is 0 Å². The molecule has 0 atom stereocenters. The molecule has 0 saturated heterocycles. The molecule has 1 aromatic heterocycles. The van der Waals surface area contributed by atoms with Crippen molar-refractivity contribution < 1.29 is 19.1 Å². The molecule has 0 aliphatic carbocycles. The smallest absolute Gasteiger partial charge is 0.257 e. The standard InChI is InChI=1S/C21H19N3O4/c1-27-18-9-5-3-7-16(18)23-20(25)14-11-15(13-22-12-14)21(26)24-17-8-4-6-10-19(17)28-2/h3-13H,1-2H3,(H,23,25)(H,24,26). The maximum absolute atomic E-state index is 12.6. The first-order valence-electron chi connectivity index (χ1n) is 8.46. The summed E-state index contributed by atoms with van der Waals surface area (Å²) in [7, 11) is 3.05. The highest BCUT2D eigenvalue weighted by Gasteiger charge is 2.14. The van der Waals surface area contributed by atoms with Gasteiger partial charge < -0.3 is 20.1 Å². The molecule has 142 valence electrons. The van der Waals surface area contributed by atoms with Gasteiger partial charge in [-0.05, 0) is 30.3 Å². The lowest BCUT2D eigenvalue weighted by molar-refractivity contribution is 0.102. The molecule has 3 aromatic rings. The summed E-state index contributed by atoms with van der Waals surface area (Å²) in [5.74, 6) is 0.274. The fourth-order valence-corrected chi connectivity index (χ4v) is 2.57. The molecule has 1 heterocycles. The van der Waals surface area contributed by atoms with Gasteiger partial charge in [0, 0.05) is 12.4 Å². The SMILES string of the molecule is COc1ccccc1NC(=O)c1cncc(C(=O)Nc2ccccc2OC)c1. The summed E-state index contributed by atoms with van der Waals surface area (Å²) < 4.78 is 10.5. The number of methoxy groups -OCH3 is 2. The summed E-state index contributed by atoms with van der Waals surface area (Å²) in [5.41, 5.74) is 1.55. The molecule has 2 N–H and O–H groups in total. The predicted octanol–water partition coefficient (Wildman–Crippen LogP) is 3.60. The fraction of sp³-hybridized carbons (Fsp3) is 0.0952. The quantitative estimate of drug-likeness (QED) is 0.685. The van der Waals surface area contributed by atoms with Gasteiger partial charge in [-0.25, -0.2) is 0 Å². The third-order valence-electron chi connectivity index (χ3n) is 3.97. The second-order valence-corrected chi connectivity index (χ2v) is 5.77. The molecule has 0 radical (unpaired) electrons. The van der Waals surface area contributed by atoms with Crippen molar-refractivity contribution in [1.29, 1.82) is 0 Å². The molecule has 2 aromatic carbocycles. The van der Waals surface area contributed by atoms with Crippen LogP contribution in [-0.4, -0.2) is 31.0 Å². The molecule has 7 heteroatoms. The first-order valence-corrected chi connectivity index (χ1v) is 8.46. The van der Waals surface area contributed by atoms with E-state index in [2.05, 4.69) is 15.6 Å². The lowest BCUT2D eigenvalue weighted by atomic mass is 10.1. The van der Waals surface area contributed by atoms with Crippen LogP contribution in [0.5, 0.6) is 11.5 Å². The van der Waals surface area contributed by atoms with Crippen LogP contribution in [0.2, 0.25) is 0 Å². The Bertz CT molecular complexity index is 927. The van der Waals surface area contributed by atoms with Crippen molar-refractivity contribution in [3.05, 3.63) is 78.1 Å². The van der Waals surface area contributed by atoms with E-state index in [9.17, 15) is 9.59 Å². The molecule has 0 fully saturated rings. The van der Waals surface area contributed by atoms with Crippen LogP contribution in [-0.2, 0) is 0 Å². The van der Waals surface area contributed by atoms with E-state index in [1.165, 1.54) is 32.7 Å². The molecule has 0 aliphatic heterocycles. The number of pyridine rings is 1. The Hall–Kier alpha value is -3.87. The van der Waals surface area contributed by atoms with Gasteiger partial charge in [-0.2, -0.15) is 0 Å². The number of rotatable bonds is 6. The van der Waals surface area contributed by atoms with Gasteiger partial charge in [-0.1, -0.05) is 24.3 Å². The van der Waals surface area contributed by atoms with Crippen LogP contribution in [0.1, 0.15) is 20.7 Å². The second kappa shape index (κ2) is 8.68. The van der Waals surface area contributed by atoms with Gasteiger partial charge in [0.2, 0.25) is 0 Å². The molecule has 0 spiro atoms. The summed E-state index contributed by atoms with van der Waals surface area (Å²) in [6, 6.07) is 15.6. The molecule has 0 aliphatic rings. The molecular formula is C21H19N3O4. The van der Waals surface area contributed by atoms with Gasteiger partial charge in [0.05, 0.1) is 36.7 Å². The minimum Gasteiger partial charge on any atom is -0.495 e. The Balaban J connectivity index is 1.78. The zero-order chi connectivity index (χ0) is 19.9. The number of carbonyl (C=O) groups is 2. The number of carbonyl (C=O) groups excluding carboxylic acids is 2. The lowest BCUT2D eigenvalue weighted by Crippen LogP contribution is -2.16. The predicted molar refractivity (Wildman–Crippen MR) is 106 cm³/mol. The topological polar surface area (TPSA) is 89.5 Å². The summed E-state index contributed by atoms with van der Waals surface area (Å²) in [5, 5.41) is 5.51. The fourth-order valence-electron chi connectivity index (χ4n) is 2.57. The Morgan fingerprint density at radius 1 is 0.750 bits per heavy atom. The van der Waals surface area contributed by atoms with Crippen molar-refractivity contribution in [3.8, 4) is 11.5 Å². The molecule has 7 nitrogen and oxygen atoms in total. The van der Waals surface area contributed by atoms with Crippen molar-refractivity contribution in [2.45, 2.75) is 0 Å². The van der Waals surface area contributed by atoms with E-state index in [1.54, 1.807) is 48.5 Å². The first kappa shape index (κ1) is 18.9. The molecular weight excluding hydrogens is 358 g/mol. The molecule has 28 heavy (non-hydrogen) atoms. The van der Waals surface area contributed by atoms with E-state index in [0.717, 1.165) is 0 Å². The third kappa shape index (κ3) is 4.27. The van der Waals surface area contributed by atoms with Crippen LogP contribution in [0, 0.1) is 0 Å². The summed E-state index contributed by atoms with van der Waals surface area (Å²) >= 11 is 0. The molecule has 0 unspecified atom stereocenters. The summed E-state index contributed by atoms with van der Waals surface area (Å²) in [6.45, 7) is 0. The maximum Gasteiger partial charge on any atom is 0.257 e. The van der Waals surface area contributed by atoms with E-state index < -0.39 is 11.8 Å². The van der Waals surface area contributed by atoms with Crippen molar-refractivity contribution in [2.75, 3.05) is 24.9 Å². The number of nitrogens with zero attached hydrogens (tertiary/aromatic N) is 1. The van der Waals surface area contributed by atoms with Crippen LogP contribution >= 0.6 is 0 Å². The van der Waals surface area contributed by atoms with E-state index in [-0.39, 0.29) is 11.1 Å². The van der Waals surface area contributed by atoms with Crippen LogP contribution in [0.25, 0.3) is 0 Å². The van der Waals surface area contributed by atoms with Crippen LogP contribution < -0.4 is 20.1 Å². The highest BCUT2D eigenvalue weighted by molar-refractivity contribution is 6.09. The monoisotopic (exact) mass is 377 g/mol. The maximum atomic E-state index is 12.6. The highest BCUT2D eigenvalue weighted by atomic mass is 16.5. The number of ether oxygens (including phenoxy) is 2. The number of nitrogens with one attached hydrogen (secondary N) is 2. The first-order chi connectivity index (χ1) is 13.6. The van der Waals surface area contributed by atoms with Gasteiger partial charge in [0.25, 0.3) is 11.8 Å². The number of benzene rings is 2. The number of anilines is 2. The van der Waals surface area contributed by atoms with Crippen LogP contribution in [0.15, 0.2) is 67.0 Å². The average molecular weight is 377 g/mol. The molecule has 0 saturated carbocycles. The van der Waals surface area contributed by atoms with Crippen molar-refractivity contribution in [2.24, 2.45) is 0 Å². The largest absolute Gasteiger partial charge is 0.495 e. The normalized spacial score (nSPS) is 10.1. The molecule has 2 amide bonds. The zero-order valence-electron chi connectivity index (χ0n) is 15.4. The average Bonchev–Trinajstić information content (AvgIpc) is 2.74. The minimum absolute atomic E-state index is 0.249. The van der Waals surface area contributed by atoms with Gasteiger partial charge in [-0.3, -0.25) is 14.6 Å². The van der Waals surface area contributed by atoms with Crippen LogP contribution in [0.4, 0.5) is 11.4 Å². The number of para-hydroxylation sites is 4. The number of hydrogen-bond acceptors (Lipinski definition) is 5. The van der Waals surface area contributed by atoms with Crippen molar-refractivity contribution in [1.82, 2.24) is 4.98 Å². The van der Waals surface area contributed by atoms with Crippen molar-refractivity contribution >= 4 is 23.2 Å². The Morgan fingerprint density at radius 2 is 1.18 bits per heavy atom. The third-order valence-corrected chi connectivity index (χ3v) is 3.97. The van der Waals surface area contributed by atoms with Gasteiger partial charge in [0.1, 0.15) is 11.5 Å². The summed E-state index contributed by atoms with van der Waals surface area (Å²) in [6.07, 6.45) is 2.79. The van der Waals surface area contributed by atoms with E-state index in [0.29, 0.717) is 22.9 Å². The Labute approximate surface area is 162 Å². The van der Waals surface area contributed by atoms with Crippen molar-refractivity contribution in [3.63, 3.8) is 0 Å². The summed E-state index contributed by atoms with van der Waals surface area (Å²) in [4.78, 5) is 29.1. The highest BCUT2D eigenvalue weighted by Crippen LogP contribution is 2.25. The van der Waals surface area contributed by atoms with E-state index in [1.807, 2.05) is 0 Å². The number of amides is 2. The number of hydrogen-bond donors (Lipinski definition) is 2. The number of aromatic nitrogens is 1. The minimum atomic E-state index is -0.399. The van der Waals surface area contributed by atoms with E-state index in [4.69, 9.17) is 9.47 Å². The van der Waals surface area contributed by atoms with Crippen LogP contribution in [0.3, 0.4) is 0 Å². The molecule has 3 rings (SSSR count). The molecule has 0 bridgehead atoms. The van der Waals surface area contributed by atoms with Gasteiger partial charge in [-0.15, -0.1) is 0 Å². The Kier molecular flexibility index (Phi) is 5.86. The van der Waals surface area contributed by atoms with Gasteiger partial charge in [0.15, 0.2) is 0 Å².